The third kappa shape index (κ3) is 3.22. The van der Waals surface area contributed by atoms with Gasteiger partial charge in [0.25, 0.3) is 0 Å². The molecule has 1 aliphatic rings. The Morgan fingerprint density at radius 1 is 1.00 bits per heavy atom. The van der Waals surface area contributed by atoms with Gasteiger partial charge in [0, 0.05) is 18.0 Å². The van der Waals surface area contributed by atoms with Gasteiger partial charge < -0.3 is 5.32 Å². The topological polar surface area (TPSA) is 29.1 Å². The summed E-state index contributed by atoms with van der Waals surface area (Å²) in [5, 5.41) is 3.64. The Bertz CT molecular complexity index is 635. The molecule has 0 amide bonds. The molecule has 2 atom stereocenters. The zero-order valence-corrected chi connectivity index (χ0v) is 13.1. The van der Waals surface area contributed by atoms with Gasteiger partial charge in [0.05, 0.1) is 6.04 Å². The minimum absolute atomic E-state index is 0.0649. The quantitative estimate of drug-likeness (QED) is 0.868. The summed E-state index contributed by atoms with van der Waals surface area (Å²) in [6.45, 7) is 2.10. The summed E-state index contributed by atoms with van der Waals surface area (Å²) in [6.07, 6.45) is 3.90. The Morgan fingerprint density at radius 3 is 2.45 bits per heavy atom. The van der Waals surface area contributed by atoms with Crippen LogP contribution in [0.4, 0.5) is 5.69 Å². The molecule has 114 valence electrons. The van der Waals surface area contributed by atoms with E-state index in [0.29, 0.717) is 5.78 Å². The summed E-state index contributed by atoms with van der Waals surface area (Å²) >= 11 is 0. The molecule has 0 bridgehead atoms. The molecule has 0 unspecified atom stereocenters. The maximum atomic E-state index is 12.4. The van der Waals surface area contributed by atoms with Gasteiger partial charge >= 0.3 is 0 Å². The molecule has 1 aliphatic carbocycles. The molecule has 0 radical (unpaired) electrons. The molecule has 0 aromatic heterocycles. The van der Waals surface area contributed by atoms with Gasteiger partial charge in [-0.1, -0.05) is 55.0 Å². The fourth-order valence-corrected chi connectivity index (χ4v) is 3.34. The first-order chi connectivity index (χ1) is 10.8. The van der Waals surface area contributed by atoms with Crippen molar-refractivity contribution < 1.29 is 4.79 Å². The van der Waals surface area contributed by atoms with Crippen LogP contribution in [0.3, 0.4) is 0 Å². The molecule has 22 heavy (non-hydrogen) atoms. The van der Waals surface area contributed by atoms with Crippen molar-refractivity contribution in [3.05, 3.63) is 65.7 Å². The molecule has 2 aromatic rings. The number of hydrogen-bond acceptors (Lipinski definition) is 2. The Balaban J connectivity index is 1.93. The van der Waals surface area contributed by atoms with Crippen molar-refractivity contribution in [3.63, 3.8) is 0 Å². The monoisotopic (exact) mass is 293 g/mol. The summed E-state index contributed by atoms with van der Waals surface area (Å²) in [7, 11) is 0. The van der Waals surface area contributed by atoms with Crippen LogP contribution in [0, 0.1) is 12.8 Å². The smallest absolute Gasteiger partial charge is 0.138 e. The van der Waals surface area contributed by atoms with Crippen molar-refractivity contribution in [3.8, 4) is 0 Å². The second-order valence-corrected chi connectivity index (χ2v) is 6.17. The lowest BCUT2D eigenvalue weighted by Gasteiger charge is -2.31. The van der Waals surface area contributed by atoms with E-state index in [1.807, 2.05) is 18.2 Å². The SMILES string of the molecule is Cc1ccccc1N[C@@H](c1ccccc1)[C@@H]1CCCCC1=O. The lowest BCUT2D eigenvalue weighted by Crippen LogP contribution is -2.30. The van der Waals surface area contributed by atoms with Gasteiger partial charge in [-0.2, -0.15) is 0 Å². The van der Waals surface area contributed by atoms with E-state index in [9.17, 15) is 4.79 Å². The summed E-state index contributed by atoms with van der Waals surface area (Å²) < 4.78 is 0. The first-order valence-electron chi connectivity index (χ1n) is 8.15. The van der Waals surface area contributed by atoms with Crippen LogP contribution in [0.2, 0.25) is 0 Å². The Kier molecular flexibility index (Phi) is 4.57. The van der Waals surface area contributed by atoms with Gasteiger partial charge in [-0.25, -0.2) is 0 Å². The van der Waals surface area contributed by atoms with Crippen molar-refractivity contribution in [2.24, 2.45) is 5.92 Å². The second kappa shape index (κ2) is 6.78. The molecular formula is C20H23NO. The number of nitrogens with one attached hydrogen (secondary N) is 1. The maximum Gasteiger partial charge on any atom is 0.138 e. The number of carbonyl (C=O) groups excluding carboxylic acids is 1. The van der Waals surface area contributed by atoms with Gasteiger partial charge in [-0.05, 0) is 37.0 Å². The number of para-hydroxylation sites is 1. The Morgan fingerprint density at radius 2 is 1.73 bits per heavy atom. The highest BCUT2D eigenvalue weighted by Gasteiger charge is 2.31. The molecule has 3 rings (SSSR count). The average Bonchev–Trinajstić information content (AvgIpc) is 2.56. The average molecular weight is 293 g/mol. The molecule has 0 aliphatic heterocycles. The van der Waals surface area contributed by atoms with E-state index < -0.39 is 0 Å². The summed E-state index contributed by atoms with van der Waals surface area (Å²) in [6, 6.07) is 18.7. The Hall–Kier alpha value is -2.09. The second-order valence-electron chi connectivity index (χ2n) is 6.17. The molecule has 2 nitrogen and oxygen atoms in total. The van der Waals surface area contributed by atoms with Crippen molar-refractivity contribution in [1.29, 1.82) is 0 Å². The van der Waals surface area contributed by atoms with Crippen molar-refractivity contribution in [1.82, 2.24) is 0 Å². The van der Waals surface area contributed by atoms with Gasteiger partial charge in [0.2, 0.25) is 0 Å². The minimum atomic E-state index is 0.0649. The standard InChI is InChI=1S/C20H23NO/c1-15-9-5-7-13-18(15)21-20(16-10-3-2-4-11-16)17-12-6-8-14-19(17)22/h2-5,7,9-11,13,17,20-21H,6,8,12,14H2,1H3/t17-,20+/m1/s1. The molecule has 0 saturated heterocycles. The summed E-state index contributed by atoms with van der Waals surface area (Å²) in [5.41, 5.74) is 3.53. The van der Waals surface area contributed by atoms with Crippen LogP contribution >= 0.6 is 0 Å². The highest BCUT2D eigenvalue weighted by molar-refractivity contribution is 5.83. The molecule has 2 aromatic carbocycles. The predicted molar refractivity (Wildman–Crippen MR) is 90.9 cm³/mol. The largest absolute Gasteiger partial charge is 0.377 e. The predicted octanol–water partition coefficient (Wildman–Crippen LogP) is 4.91. The number of aryl methyl sites for hydroxylation is 1. The van der Waals surface area contributed by atoms with Crippen LogP contribution in [0.25, 0.3) is 0 Å². The fourth-order valence-electron chi connectivity index (χ4n) is 3.34. The summed E-state index contributed by atoms with van der Waals surface area (Å²) in [5.74, 6) is 0.483. The molecule has 1 saturated carbocycles. The highest BCUT2D eigenvalue weighted by atomic mass is 16.1. The first kappa shape index (κ1) is 14.8. The van der Waals surface area contributed by atoms with Crippen molar-refractivity contribution in [2.45, 2.75) is 38.6 Å². The number of Topliss-reactive ketones (excluding diaryl/α,β-unsaturated/α-hetero) is 1. The zero-order chi connectivity index (χ0) is 15.4. The van der Waals surface area contributed by atoms with Crippen LogP contribution < -0.4 is 5.32 Å². The van der Waals surface area contributed by atoms with Gasteiger partial charge in [0.15, 0.2) is 0 Å². The third-order valence-electron chi connectivity index (χ3n) is 4.62. The third-order valence-corrected chi connectivity index (χ3v) is 4.62. The van der Waals surface area contributed by atoms with Gasteiger partial charge in [-0.15, -0.1) is 0 Å². The molecule has 0 heterocycles. The van der Waals surface area contributed by atoms with Crippen LogP contribution in [0.5, 0.6) is 0 Å². The highest BCUT2D eigenvalue weighted by Crippen LogP contribution is 2.35. The van der Waals surface area contributed by atoms with Gasteiger partial charge in [-0.3, -0.25) is 4.79 Å². The zero-order valence-electron chi connectivity index (χ0n) is 13.1. The number of hydrogen-bond donors (Lipinski definition) is 1. The van der Waals surface area contributed by atoms with Crippen LogP contribution in [-0.4, -0.2) is 5.78 Å². The number of carbonyl (C=O) groups is 1. The number of ketones is 1. The molecular weight excluding hydrogens is 270 g/mol. The van der Waals surface area contributed by atoms with Crippen LogP contribution in [-0.2, 0) is 4.79 Å². The van der Waals surface area contributed by atoms with E-state index in [2.05, 4.69) is 48.6 Å². The van der Waals surface area contributed by atoms with E-state index in [-0.39, 0.29) is 12.0 Å². The van der Waals surface area contributed by atoms with E-state index in [1.165, 1.54) is 11.1 Å². The fraction of sp³-hybridized carbons (Fsp3) is 0.350. The lowest BCUT2D eigenvalue weighted by atomic mass is 9.80. The lowest BCUT2D eigenvalue weighted by molar-refractivity contribution is -0.125. The van der Waals surface area contributed by atoms with E-state index in [1.54, 1.807) is 0 Å². The van der Waals surface area contributed by atoms with Gasteiger partial charge in [0.1, 0.15) is 5.78 Å². The van der Waals surface area contributed by atoms with Crippen LogP contribution in [0.15, 0.2) is 54.6 Å². The normalized spacial score (nSPS) is 19.7. The first-order valence-corrected chi connectivity index (χ1v) is 8.15. The maximum absolute atomic E-state index is 12.4. The Labute approximate surface area is 132 Å². The minimum Gasteiger partial charge on any atom is -0.377 e. The van der Waals surface area contributed by atoms with Crippen molar-refractivity contribution in [2.75, 3.05) is 5.32 Å². The number of benzene rings is 2. The number of rotatable bonds is 4. The summed E-state index contributed by atoms with van der Waals surface area (Å²) in [4.78, 5) is 12.4. The van der Waals surface area contributed by atoms with Crippen molar-refractivity contribution >= 4 is 11.5 Å². The number of anilines is 1. The van der Waals surface area contributed by atoms with E-state index in [4.69, 9.17) is 0 Å². The molecule has 1 N–H and O–H groups in total. The molecule has 2 heteroatoms. The molecule has 1 fully saturated rings. The van der Waals surface area contributed by atoms with E-state index in [0.717, 1.165) is 31.4 Å². The van der Waals surface area contributed by atoms with Crippen LogP contribution in [0.1, 0.15) is 42.9 Å². The molecule has 0 spiro atoms. The van der Waals surface area contributed by atoms with E-state index >= 15 is 0 Å².